The van der Waals surface area contributed by atoms with Gasteiger partial charge in [-0.05, 0) is 13.3 Å². The maximum atomic E-state index is 12.1. The fraction of sp³-hybridized carbons (Fsp3) is 1.00. The summed E-state index contributed by atoms with van der Waals surface area (Å²) in [5.41, 5.74) is 0. The minimum absolute atomic E-state index is 0. The Morgan fingerprint density at radius 2 is 2.12 bits per heavy atom. The van der Waals surface area contributed by atoms with Gasteiger partial charge in [0.25, 0.3) is 10.2 Å². The van der Waals surface area contributed by atoms with Gasteiger partial charge in [-0.15, -0.1) is 12.4 Å². The summed E-state index contributed by atoms with van der Waals surface area (Å²) in [7, 11) is -1.60. The zero-order valence-electron chi connectivity index (χ0n) is 10.1. The first-order valence-electron chi connectivity index (χ1n) is 5.44. The van der Waals surface area contributed by atoms with Crippen molar-refractivity contribution in [1.82, 2.24) is 13.9 Å². The molecular formula is C9H22ClN3O2S. The molecule has 0 aromatic heterocycles. The lowest BCUT2D eigenvalue weighted by Crippen LogP contribution is -2.55. The highest BCUT2D eigenvalue weighted by molar-refractivity contribution is 7.86. The van der Waals surface area contributed by atoms with Crippen LogP contribution in [0.4, 0.5) is 0 Å². The van der Waals surface area contributed by atoms with E-state index in [1.807, 2.05) is 13.8 Å². The van der Waals surface area contributed by atoms with Crippen molar-refractivity contribution in [2.45, 2.75) is 26.3 Å². The molecular weight excluding hydrogens is 250 g/mol. The van der Waals surface area contributed by atoms with E-state index in [1.165, 1.54) is 4.31 Å². The number of hydrogen-bond donors (Lipinski definition) is 1. The highest BCUT2D eigenvalue weighted by Crippen LogP contribution is 2.12. The van der Waals surface area contributed by atoms with Crippen molar-refractivity contribution in [1.29, 1.82) is 0 Å². The molecule has 1 heterocycles. The van der Waals surface area contributed by atoms with Crippen LogP contribution in [0.5, 0.6) is 0 Å². The highest BCUT2D eigenvalue weighted by atomic mass is 35.5. The number of rotatable bonds is 4. The van der Waals surface area contributed by atoms with Crippen molar-refractivity contribution < 1.29 is 8.42 Å². The third-order valence-corrected chi connectivity index (χ3v) is 4.77. The average Bonchev–Trinajstić information content (AvgIpc) is 2.18. The minimum Gasteiger partial charge on any atom is -0.314 e. The van der Waals surface area contributed by atoms with E-state index < -0.39 is 10.2 Å². The van der Waals surface area contributed by atoms with Crippen molar-refractivity contribution >= 4 is 22.6 Å². The van der Waals surface area contributed by atoms with Gasteiger partial charge in [-0.2, -0.15) is 17.0 Å². The topological polar surface area (TPSA) is 52.7 Å². The summed E-state index contributed by atoms with van der Waals surface area (Å²) >= 11 is 0. The molecule has 1 rings (SSSR count). The lowest BCUT2D eigenvalue weighted by atomic mass is 10.3. The van der Waals surface area contributed by atoms with E-state index >= 15 is 0 Å². The van der Waals surface area contributed by atoms with Crippen LogP contribution >= 0.6 is 12.4 Å². The first kappa shape index (κ1) is 16.1. The van der Waals surface area contributed by atoms with E-state index in [0.717, 1.165) is 19.5 Å². The summed E-state index contributed by atoms with van der Waals surface area (Å²) in [6, 6.07) is 0.0445. The summed E-state index contributed by atoms with van der Waals surface area (Å²) in [4.78, 5) is 0. The standard InChI is InChI=1S/C9H21N3O2S.ClH/c1-4-6-11(3)15(13,14)12-7-5-10-8-9(12)2;/h9-10H,4-8H2,1-3H3;1H/t9-;/m1./s1. The van der Waals surface area contributed by atoms with E-state index in [1.54, 1.807) is 11.4 Å². The summed E-state index contributed by atoms with van der Waals surface area (Å²) in [5.74, 6) is 0. The van der Waals surface area contributed by atoms with Crippen molar-refractivity contribution in [3.8, 4) is 0 Å². The van der Waals surface area contributed by atoms with Crippen LogP contribution in [-0.2, 0) is 10.2 Å². The molecule has 7 heteroatoms. The van der Waals surface area contributed by atoms with Crippen molar-refractivity contribution in [3.05, 3.63) is 0 Å². The second-order valence-corrected chi connectivity index (χ2v) is 5.98. The van der Waals surface area contributed by atoms with Crippen LogP contribution in [0.25, 0.3) is 0 Å². The van der Waals surface area contributed by atoms with Gasteiger partial charge in [0, 0.05) is 39.3 Å². The van der Waals surface area contributed by atoms with Gasteiger partial charge >= 0.3 is 0 Å². The van der Waals surface area contributed by atoms with Gasteiger partial charge in [-0.3, -0.25) is 0 Å². The predicted octanol–water partition coefficient (Wildman–Crippen LogP) is 0.288. The molecule has 0 aromatic carbocycles. The van der Waals surface area contributed by atoms with Crippen LogP contribution in [0.15, 0.2) is 0 Å². The Morgan fingerprint density at radius 3 is 2.62 bits per heavy atom. The van der Waals surface area contributed by atoms with Crippen LogP contribution in [0.1, 0.15) is 20.3 Å². The third-order valence-electron chi connectivity index (χ3n) is 2.67. The number of hydrogen-bond acceptors (Lipinski definition) is 3. The molecule has 0 amide bonds. The number of nitrogens with zero attached hydrogens (tertiary/aromatic N) is 2. The molecule has 1 aliphatic rings. The molecule has 1 saturated heterocycles. The van der Waals surface area contributed by atoms with Crippen LogP contribution < -0.4 is 5.32 Å². The molecule has 98 valence electrons. The fourth-order valence-electron chi connectivity index (χ4n) is 1.77. The molecule has 0 bridgehead atoms. The van der Waals surface area contributed by atoms with E-state index in [9.17, 15) is 8.42 Å². The molecule has 1 aliphatic heterocycles. The second-order valence-electron chi connectivity index (χ2n) is 3.99. The third kappa shape index (κ3) is 3.56. The predicted molar refractivity (Wildman–Crippen MR) is 68.1 cm³/mol. The average molecular weight is 272 g/mol. The molecule has 0 aliphatic carbocycles. The summed E-state index contributed by atoms with van der Waals surface area (Å²) in [6.07, 6.45) is 0.843. The SMILES string of the molecule is CCCN(C)S(=O)(=O)N1CCNC[C@H]1C.Cl. The van der Waals surface area contributed by atoms with Gasteiger partial charge in [0.15, 0.2) is 0 Å². The monoisotopic (exact) mass is 271 g/mol. The van der Waals surface area contributed by atoms with Crippen molar-refractivity contribution in [2.75, 3.05) is 33.2 Å². The maximum absolute atomic E-state index is 12.1. The van der Waals surface area contributed by atoms with Gasteiger partial charge in [0.2, 0.25) is 0 Å². The lowest BCUT2D eigenvalue weighted by Gasteiger charge is -2.35. The van der Waals surface area contributed by atoms with E-state index in [2.05, 4.69) is 5.32 Å². The first-order valence-corrected chi connectivity index (χ1v) is 6.83. The molecule has 1 N–H and O–H groups in total. The quantitative estimate of drug-likeness (QED) is 0.800. The van der Waals surface area contributed by atoms with Gasteiger partial charge in [-0.1, -0.05) is 6.92 Å². The molecule has 0 saturated carbocycles. The zero-order valence-corrected chi connectivity index (χ0v) is 11.8. The Balaban J connectivity index is 0.00000225. The summed E-state index contributed by atoms with van der Waals surface area (Å²) < 4.78 is 27.2. The zero-order chi connectivity index (χ0) is 11.5. The first-order chi connectivity index (χ1) is 7.00. The van der Waals surface area contributed by atoms with Gasteiger partial charge < -0.3 is 5.32 Å². The highest BCUT2D eigenvalue weighted by Gasteiger charge is 2.31. The van der Waals surface area contributed by atoms with Gasteiger partial charge in [0.1, 0.15) is 0 Å². The minimum atomic E-state index is -3.25. The normalized spacial score (nSPS) is 23.1. The number of halogens is 1. The number of nitrogens with one attached hydrogen (secondary N) is 1. The van der Waals surface area contributed by atoms with E-state index in [0.29, 0.717) is 13.1 Å². The van der Waals surface area contributed by atoms with Gasteiger partial charge in [0.05, 0.1) is 0 Å². The molecule has 16 heavy (non-hydrogen) atoms. The summed E-state index contributed by atoms with van der Waals surface area (Å²) in [5, 5.41) is 3.18. The Hall–Kier alpha value is 0.120. The molecule has 5 nitrogen and oxygen atoms in total. The summed E-state index contributed by atoms with van der Waals surface area (Å²) in [6.45, 7) is 6.54. The van der Waals surface area contributed by atoms with Crippen LogP contribution in [0.3, 0.4) is 0 Å². The number of piperazine rings is 1. The second kappa shape index (κ2) is 6.76. The van der Waals surface area contributed by atoms with E-state index in [4.69, 9.17) is 0 Å². The fourth-order valence-corrected chi connectivity index (χ4v) is 3.40. The van der Waals surface area contributed by atoms with Crippen LogP contribution in [0.2, 0.25) is 0 Å². The van der Waals surface area contributed by atoms with Crippen LogP contribution in [0, 0.1) is 0 Å². The molecule has 1 fully saturated rings. The van der Waals surface area contributed by atoms with E-state index in [-0.39, 0.29) is 18.4 Å². The molecule has 0 unspecified atom stereocenters. The largest absolute Gasteiger partial charge is 0.314 e. The van der Waals surface area contributed by atoms with Crippen molar-refractivity contribution in [3.63, 3.8) is 0 Å². The van der Waals surface area contributed by atoms with Crippen LogP contribution in [-0.4, -0.2) is 56.3 Å². The smallest absolute Gasteiger partial charge is 0.282 e. The Kier molecular flexibility index (Phi) is 6.81. The molecule has 1 atom stereocenters. The lowest BCUT2D eigenvalue weighted by molar-refractivity contribution is 0.263. The van der Waals surface area contributed by atoms with Gasteiger partial charge in [-0.25, -0.2) is 0 Å². The maximum Gasteiger partial charge on any atom is 0.282 e. The molecule has 0 spiro atoms. The van der Waals surface area contributed by atoms with Crippen molar-refractivity contribution in [2.24, 2.45) is 0 Å². The Morgan fingerprint density at radius 1 is 1.50 bits per heavy atom. The molecule has 0 radical (unpaired) electrons. The Bertz CT molecular complexity index is 297. The Labute approximate surface area is 105 Å². The molecule has 0 aromatic rings.